The zero-order chi connectivity index (χ0) is 21.8. The standard InChI is InChI=1S/C18H22ClF3N2O4S/c1-12-10-24(11-13(2)28-12)29(26,27)8-7-23-17(25)6-3-14-9-15(18(20,21)22)4-5-16(14)19/h3-6,9,12-13H,7-8,10-11H2,1-2H3,(H,23,25)/b6-3+. The molecule has 1 aliphatic rings. The molecule has 1 fully saturated rings. The van der Waals surface area contributed by atoms with Crippen molar-refractivity contribution >= 4 is 33.6 Å². The largest absolute Gasteiger partial charge is 0.416 e. The molecule has 11 heteroatoms. The van der Waals surface area contributed by atoms with Crippen LogP contribution in [0.3, 0.4) is 0 Å². The first-order chi connectivity index (χ1) is 13.4. The smallest absolute Gasteiger partial charge is 0.373 e. The van der Waals surface area contributed by atoms with Crippen molar-refractivity contribution in [3.05, 3.63) is 40.4 Å². The number of carbonyl (C=O) groups excluding carboxylic acids is 1. The Hall–Kier alpha value is -1.62. The van der Waals surface area contributed by atoms with Crippen molar-refractivity contribution in [2.24, 2.45) is 0 Å². The molecule has 2 rings (SSSR count). The van der Waals surface area contributed by atoms with Crippen LogP contribution in [0.5, 0.6) is 0 Å². The number of carbonyl (C=O) groups is 1. The fraction of sp³-hybridized carbons (Fsp3) is 0.500. The highest BCUT2D eigenvalue weighted by atomic mass is 35.5. The molecule has 1 amide bonds. The molecule has 1 saturated heterocycles. The van der Waals surface area contributed by atoms with Crippen LogP contribution in [0.2, 0.25) is 5.02 Å². The summed E-state index contributed by atoms with van der Waals surface area (Å²) >= 11 is 5.86. The molecule has 0 bridgehead atoms. The van der Waals surface area contributed by atoms with Crippen LogP contribution in [0.15, 0.2) is 24.3 Å². The summed E-state index contributed by atoms with van der Waals surface area (Å²) in [6.07, 6.45) is -2.82. The molecule has 1 aliphatic heterocycles. The highest BCUT2D eigenvalue weighted by molar-refractivity contribution is 7.89. The second kappa shape index (κ2) is 9.46. The number of morpholine rings is 1. The topological polar surface area (TPSA) is 75.7 Å². The zero-order valence-corrected chi connectivity index (χ0v) is 17.4. The van der Waals surface area contributed by atoms with Crippen molar-refractivity contribution in [3.8, 4) is 0 Å². The lowest BCUT2D eigenvalue weighted by molar-refractivity contribution is -0.137. The normalized spacial score (nSPS) is 21.4. The number of nitrogens with one attached hydrogen (secondary N) is 1. The molecule has 0 aromatic heterocycles. The van der Waals surface area contributed by atoms with Crippen molar-refractivity contribution in [2.45, 2.75) is 32.2 Å². The van der Waals surface area contributed by atoms with Gasteiger partial charge in [-0.1, -0.05) is 11.6 Å². The minimum Gasteiger partial charge on any atom is -0.373 e. The van der Waals surface area contributed by atoms with Gasteiger partial charge in [-0.2, -0.15) is 17.5 Å². The third kappa shape index (κ3) is 6.98. The Morgan fingerprint density at radius 1 is 1.31 bits per heavy atom. The minimum atomic E-state index is -4.53. The lowest BCUT2D eigenvalue weighted by Crippen LogP contribution is -2.49. The fourth-order valence-electron chi connectivity index (χ4n) is 2.86. The average molecular weight is 455 g/mol. The average Bonchev–Trinajstić information content (AvgIpc) is 2.59. The maximum Gasteiger partial charge on any atom is 0.416 e. The summed E-state index contributed by atoms with van der Waals surface area (Å²) in [5.41, 5.74) is -0.859. The number of alkyl halides is 3. The molecule has 0 saturated carbocycles. The summed E-state index contributed by atoms with van der Waals surface area (Å²) in [6.45, 7) is 3.92. The molecule has 1 aromatic carbocycles. The number of nitrogens with zero attached hydrogens (tertiary/aromatic N) is 1. The minimum absolute atomic E-state index is 0.0283. The van der Waals surface area contributed by atoms with Crippen LogP contribution < -0.4 is 5.32 Å². The van der Waals surface area contributed by atoms with E-state index in [1.165, 1.54) is 4.31 Å². The summed E-state index contributed by atoms with van der Waals surface area (Å²) in [6, 6.07) is 2.77. The van der Waals surface area contributed by atoms with Crippen LogP contribution in [0.1, 0.15) is 25.0 Å². The third-order valence-electron chi connectivity index (χ3n) is 4.18. The highest BCUT2D eigenvalue weighted by Crippen LogP contribution is 2.32. The van der Waals surface area contributed by atoms with Gasteiger partial charge in [0.25, 0.3) is 0 Å². The van der Waals surface area contributed by atoms with Crippen LogP contribution in [-0.2, 0) is 25.7 Å². The van der Waals surface area contributed by atoms with Gasteiger partial charge in [-0.25, -0.2) is 8.42 Å². The molecule has 0 spiro atoms. The summed E-state index contributed by atoms with van der Waals surface area (Å²) in [5.74, 6) is -0.937. The van der Waals surface area contributed by atoms with Gasteiger partial charge < -0.3 is 10.1 Å². The van der Waals surface area contributed by atoms with E-state index in [9.17, 15) is 26.4 Å². The quantitative estimate of drug-likeness (QED) is 0.671. The summed E-state index contributed by atoms with van der Waals surface area (Å²) < 4.78 is 69.9. The van der Waals surface area contributed by atoms with Gasteiger partial charge in [-0.3, -0.25) is 4.79 Å². The molecule has 1 heterocycles. The number of benzene rings is 1. The highest BCUT2D eigenvalue weighted by Gasteiger charge is 2.31. The van der Waals surface area contributed by atoms with Crippen molar-refractivity contribution < 1.29 is 31.1 Å². The Labute approximate surface area is 172 Å². The lowest BCUT2D eigenvalue weighted by atomic mass is 10.1. The van der Waals surface area contributed by atoms with Gasteiger partial charge in [0.2, 0.25) is 15.9 Å². The summed E-state index contributed by atoms with van der Waals surface area (Å²) in [7, 11) is -3.57. The maximum absolute atomic E-state index is 12.8. The molecule has 6 nitrogen and oxygen atoms in total. The van der Waals surface area contributed by atoms with E-state index in [2.05, 4.69) is 5.32 Å². The molecular formula is C18H22ClF3N2O4S. The van der Waals surface area contributed by atoms with Gasteiger partial charge in [-0.05, 0) is 43.7 Å². The monoisotopic (exact) mass is 454 g/mol. The molecular weight excluding hydrogens is 433 g/mol. The predicted octanol–water partition coefficient (Wildman–Crippen LogP) is 2.93. The molecule has 2 atom stereocenters. The SMILES string of the molecule is CC1CN(S(=O)(=O)CCNC(=O)/C=C/c2cc(C(F)(F)F)ccc2Cl)CC(C)O1. The number of hydrogen-bond donors (Lipinski definition) is 1. The maximum atomic E-state index is 12.8. The van der Waals surface area contributed by atoms with Crippen molar-refractivity contribution in [3.63, 3.8) is 0 Å². The molecule has 162 valence electrons. The zero-order valence-electron chi connectivity index (χ0n) is 15.9. The van der Waals surface area contributed by atoms with Crippen molar-refractivity contribution in [2.75, 3.05) is 25.4 Å². The first kappa shape index (κ1) is 23.7. The van der Waals surface area contributed by atoms with E-state index >= 15 is 0 Å². The Morgan fingerprint density at radius 3 is 2.52 bits per heavy atom. The number of rotatable bonds is 6. The molecule has 1 N–H and O–H groups in total. The third-order valence-corrected chi connectivity index (χ3v) is 6.33. The number of halogens is 4. The van der Waals surface area contributed by atoms with Crippen LogP contribution in [0, 0.1) is 0 Å². The van der Waals surface area contributed by atoms with Gasteiger partial charge in [0.05, 0.1) is 23.5 Å². The molecule has 0 aliphatic carbocycles. The van der Waals surface area contributed by atoms with E-state index in [1.807, 2.05) is 0 Å². The number of sulfonamides is 1. The first-order valence-corrected chi connectivity index (χ1v) is 10.8. The van der Waals surface area contributed by atoms with E-state index < -0.39 is 27.7 Å². The van der Waals surface area contributed by atoms with Gasteiger partial charge in [0.1, 0.15) is 0 Å². The first-order valence-electron chi connectivity index (χ1n) is 8.84. The fourth-order valence-corrected chi connectivity index (χ4v) is 4.54. The van der Waals surface area contributed by atoms with Gasteiger partial charge >= 0.3 is 6.18 Å². The number of hydrogen-bond acceptors (Lipinski definition) is 4. The van der Waals surface area contributed by atoms with E-state index in [1.54, 1.807) is 13.8 Å². The van der Waals surface area contributed by atoms with Crippen LogP contribution in [0.25, 0.3) is 6.08 Å². The van der Waals surface area contributed by atoms with Gasteiger partial charge in [0.15, 0.2) is 0 Å². The molecule has 1 aromatic rings. The van der Waals surface area contributed by atoms with Crippen LogP contribution in [-0.4, -0.2) is 56.2 Å². The van der Waals surface area contributed by atoms with E-state index in [-0.39, 0.29) is 48.2 Å². The number of amides is 1. The second-order valence-corrected chi connectivity index (χ2v) is 9.24. The Morgan fingerprint density at radius 2 is 1.93 bits per heavy atom. The van der Waals surface area contributed by atoms with Crippen LogP contribution in [0.4, 0.5) is 13.2 Å². The van der Waals surface area contributed by atoms with E-state index in [4.69, 9.17) is 16.3 Å². The van der Waals surface area contributed by atoms with Gasteiger partial charge in [0, 0.05) is 30.7 Å². The predicted molar refractivity (Wildman–Crippen MR) is 104 cm³/mol. The summed E-state index contributed by atoms with van der Waals surface area (Å²) in [4.78, 5) is 11.9. The Balaban J connectivity index is 1.92. The van der Waals surface area contributed by atoms with Gasteiger partial charge in [-0.15, -0.1) is 0 Å². The molecule has 0 radical (unpaired) electrons. The second-order valence-electron chi connectivity index (χ2n) is 6.75. The number of ether oxygens (including phenoxy) is 1. The molecule has 2 unspecified atom stereocenters. The van der Waals surface area contributed by atoms with Crippen molar-refractivity contribution in [1.82, 2.24) is 9.62 Å². The van der Waals surface area contributed by atoms with E-state index in [0.29, 0.717) is 0 Å². The van der Waals surface area contributed by atoms with Crippen LogP contribution >= 0.6 is 11.6 Å². The van der Waals surface area contributed by atoms with Crippen molar-refractivity contribution in [1.29, 1.82) is 0 Å². The Kier molecular flexibility index (Phi) is 7.72. The lowest BCUT2D eigenvalue weighted by Gasteiger charge is -2.34. The molecule has 29 heavy (non-hydrogen) atoms. The Bertz CT molecular complexity index is 864. The van der Waals surface area contributed by atoms with E-state index in [0.717, 1.165) is 30.4 Å². The summed E-state index contributed by atoms with van der Waals surface area (Å²) in [5, 5.41) is 2.46.